The number of nitrogens with one attached hydrogen (secondary N) is 1. The number of hydrogen-bond donors (Lipinski definition) is 1. The fourth-order valence-corrected chi connectivity index (χ4v) is 5.04. The molecule has 2 heterocycles. The molecule has 1 aliphatic heterocycles. The highest BCUT2D eigenvalue weighted by Crippen LogP contribution is 2.59. The molecule has 1 saturated carbocycles. The van der Waals surface area contributed by atoms with E-state index in [1.807, 2.05) is 12.1 Å². The van der Waals surface area contributed by atoms with Crippen molar-refractivity contribution >= 4 is 17.4 Å². The molecule has 0 amide bonds. The van der Waals surface area contributed by atoms with Crippen LogP contribution in [-0.4, -0.2) is 34.7 Å². The lowest BCUT2D eigenvalue weighted by molar-refractivity contribution is 0.157. The maximum absolute atomic E-state index is 13.5. The third-order valence-corrected chi connectivity index (χ3v) is 7.19. The van der Waals surface area contributed by atoms with Crippen molar-refractivity contribution in [3.63, 3.8) is 0 Å². The molecule has 3 aromatic rings. The maximum atomic E-state index is 13.5. The molecule has 5 rings (SSSR count). The average Bonchev–Trinajstić information content (AvgIpc) is 3.48. The van der Waals surface area contributed by atoms with E-state index in [1.165, 1.54) is 56.1 Å². The van der Waals surface area contributed by atoms with Crippen molar-refractivity contribution in [2.75, 3.05) is 25.0 Å². The van der Waals surface area contributed by atoms with Crippen molar-refractivity contribution in [2.45, 2.75) is 25.8 Å². The van der Waals surface area contributed by atoms with Crippen LogP contribution < -0.4 is 5.32 Å². The van der Waals surface area contributed by atoms with Crippen molar-refractivity contribution in [2.24, 2.45) is 11.3 Å². The summed E-state index contributed by atoms with van der Waals surface area (Å²) in [7, 11) is 0. The van der Waals surface area contributed by atoms with Crippen LogP contribution in [0.5, 0.6) is 0 Å². The SMILES string of the molecule is Fc1ccc(Cl)c(-c2ccc(NCC3CC34CCN(Cc3ccccc3)CC4)nn2)c1. The van der Waals surface area contributed by atoms with Crippen LogP contribution in [0.4, 0.5) is 10.2 Å². The summed E-state index contributed by atoms with van der Waals surface area (Å²) in [6.45, 7) is 4.33. The summed E-state index contributed by atoms with van der Waals surface area (Å²) in [6, 6.07) is 18.7. The summed E-state index contributed by atoms with van der Waals surface area (Å²) in [6.07, 6.45) is 3.84. The summed E-state index contributed by atoms with van der Waals surface area (Å²) in [4.78, 5) is 2.57. The van der Waals surface area contributed by atoms with Crippen molar-refractivity contribution in [1.29, 1.82) is 0 Å². The fourth-order valence-electron chi connectivity index (χ4n) is 4.82. The van der Waals surface area contributed by atoms with Crippen LogP contribution in [0.3, 0.4) is 0 Å². The Kier molecular flexibility index (Phi) is 5.63. The highest BCUT2D eigenvalue weighted by atomic mass is 35.5. The Morgan fingerprint density at radius 1 is 1.03 bits per heavy atom. The van der Waals surface area contributed by atoms with Gasteiger partial charge in [-0.25, -0.2) is 4.39 Å². The number of anilines is 1. The van der Waals surface area contributed by atoms with Gasteiger partial charge in [-0.1, -0.05) is 41.9 Å². The van der Waals surface area contributed by atoms with E-state index in [4.69, 9.17) is 11.6 Å². The van der Waals surface area contributed by atoms with Crippen LogP contribution in [0.2, 0.25) is 5.02 Å². The number of piperidine rings is 1. The summed E-state index contributed by atoms with van der Waals surface area (Å²) in [5.41, 5.74) is 3.03. The quantitative estimate of drug-likeness (QED) is 0.542. The molecule has 0 bridgehead atoms. The van der Waals surface area contributed by atoms with E-state index in [1.54, 1.807) is 0 Å². The molecule has 2 aromatic carbocycles. The maximum Gasteiger partial charge on any atom is 0.148 e. The zero-order valence-electron chi connectivity index (χ0n) is 17.4. The number of likely N-dealkylation sites (tertiary alicyclic amines) is 1. The molecule has 160 valence electrons. The molecular weight excluding hydrogens is 411 g/mol. The van der Waals surface area contributed by atoms with Gasteiger partial charge in [-0.15, -0.1) is 10.2 Å². The second-order valence-electron chi connectivity index (χ2n) is 8.83. The van der Waals surface area contributed by atoms with Gasteiger partial charge in [0.05, 0.1) is 10.7 Å². The normalized spacial score (nSPS) is 20.0. The largest absolute Gasteiger partial charge is 0.368 e. The molecule has 4 nitrogen and oxygen atoms in total. The Hall–Kier alpha value is -2.50. The second kappa shape index (κ2) is 8.56. The first kappa shape index (κ1) is 20.4. The molecule has 2 aliphatic rings. The van der Waals surface area contributed by atoms with Gasteiger partial charge < -0.3 is 5.32 Å². The van der Waals surface area contributed by atoms with E-state index < -0.39 is 0 Å². The first-order chi connectivity index (χ1) is 15.1. The van der Waals surface area contributed by atoms with Crippen molar-refractivity contribution in [1.82, 2.24) is 15.1 Å². The zero-order valence-corrected chi connectivity index (χ0v) is 18.2. The van der Waals surface area contributed by atoms with Crippen LogP contribution in [-0.2, 0) is 6.54 Å². The summed E-state index contributed by atoms with van der Waals surface area (Å²) < 4.78 is 13.5. The van der Waals surface area contributed by atoms with Gasteiger partial charge in [0.1, 0.15) is 11.6 Å². The standard InChI is InChI=1S/C25H26ClFN4/c26-22-7-6-20(27)14-21(22)23-8-9-24(30-29-23)28-16-19-15-25(19)10-12-31(13-11-25)17-18-4-2-1-3-5-18/h1-9,14,19H,10-13,15-17H2,(H,28,30). The molecule has 1 aliphatic carbocycles. The molecule has 1 atom stereocenters. The van der Waals surface area contributed by atoms with Gasteiger partial charge in [0.15, 0.2) is 0 Å². The molecule has 0 radical (unpaired) electrons. The van der Waals surface area contributed by atoms with E-state index in [-0.39, 0.29) is 5.82 Å². The van der Waals surface area contributed by atoms with Gasteiger partial charge in [-0.2, -0.15) is 0 Å². The van der Waals surface area contributed by atoms with Crippen molar-refractivity contribution < 1.29 is 4.39 Å². The molecule has 31 heavy (non-hydrogen) atoms. The molecule has 1 spiro atoms. The van der Waals surface area contributed by atoms with Gasteiger partial charge in [-0.05, 0) is 79.6 Å². The topological polar surface area (TPSA) is 41.0 Å². The minimum absolute atomic E-state index is 0.336. The van der Waals surface area contributed by atoms with Crippen LogP contribution >= 0.6 is 11.6 Å². The number of hydrogen-bond acceptors (Lipinski definition) is 4. The van der Waals surface area contributed by atoms with Gasteiger partial charge >= 0.3 is 0 Å². The highest BCUT2D eigenvalue weighted by molar-refractivity contribution is 6.33. The average molecular weight is 437 g/mol. The van der Waals surface area contributed by atoms with Gasteiger partial charge in [0, 0.05) is 18.7 Å². The van der Waals surface area contributed by atoms with Crippen LogP contribution in [0, 0.1) is 17.2 Å². The lowest BCUT2D eigenvalue weighted by Crippen LogP contribution is -2.35. The zero-order chi connectivity index (χ0) is 21.3. The number of rotatable bonds is 6. The van der Waals surface area contributed by atoms with Gasteiger partial charge in [0.2, 0.25) is 0 Å². The van der Waals surface area contributed by atoms with Crippen LogP contribution in [0.25, 0.3) is 11.3 Å². The second-order valence-corrected chi connectivity index (χ2v) is 9.24. The molecule has 1 unspecified atom stereocenters. The lowest BCUT2D eigenvalue weighted by Gasteiger charge is -2.33. The predicted molar refractivity (Wildman–Crippen MR) is 122 cm³/mol. The summed E-state index contributed by atoms with van der Waals surface area (Å²) in [5, 5.41) is 12.4. The highest BCUT2D eigenvalue weighted by Gasteiger charge is 2.54. The van der Waals surface area contributed by atoms with Gasteiger partial charge in [0.25, 0.3) is 0 Å². The fraction of sp³-hybridized carbons (Fsp3) is 0.360. The molecule has 1 saturated heterocycles. The minimum Gasteiger partial charge on any atom is -0.368 e. The van der Waals surface area contributed by atoms with Gasteiger partial charge in [-0.3, -0.25) is 4.90 Å². The van der Waals surface area contributed by atoms with Crippen molar-refractivity contribution in [3.05, 3.63) is 77.1 Å². The summed E-state index contributed by atoms with van der Waals surface area (Å²) >= 11 is 6.17. The molecule has 1 N–H and O–H groups in total. The smallest absolute Gasteiger partial charge is 0.148 e. The first-order valence-corrected chi connectivity index (χ1v) is 11.3. The van der Waals surface area contributed by atoms with E-state index in [2.05, 4.69) is 50.7 Å². The minimum atomic E-state index is -0.336. The molecular formula is C25H26ClFN4. The Morgan fingerprint density at radius 3 is 2.58 bits per heavy atom. The predicted octanol–water partition coefficient (Wildman–Crippen LogP) is 5.65. The Labute approximate surface area is 187 Å². The molecule has 1 aromatic heterocycles. The van der Waals surface area contributed by atoms with E-state index in [9.17, 15) is 4.39 Å². The summed E-state index contributed by atoms with van der Waals surface area (Å²) in [5.74, 6) is 1.11. The van der Waals surface area contributed by atoms with Crippen LogP contribution in [0.1, 0.15) is 24.8 Å². The van der Waals surface area contributed by atoms with E-state index in [0.29, 0.717) is 27.6 Å². The monoisotopic (exact) mass is 436 g/mol. The number of aromatic nitrogens is 2. The Morgan fingerprint density at radius 2 is 1.84 bits per heavy atom. The molecule has 2 fully saturated rings. The Bertz CT molecular complexity index is 1030. The Balaban J connectivity index is 1.12. The third-order valence-electron chi connectivity index (χ3n) is 6.86. The first-order valence-electron chi connectivity index (χ1n) is 10.9. The number of halogens is 2. The van der Waals surface area contributed by atoms with E-state index in [0.717, 1.165) is 18.9 Å². The number of nitrogens with zero attached hydrogens (tertiary/aromatic N) is 3. The van der Waals surface area contributed by atoms with Crippen LogP contribution in [0.15, 0.2) is 60.7 Å². The van der Waals surface area contributed by atoms with E-state index >= 15 is 0 Å². The number of benzene rings is 2. The lowest BCUT2D eigenvalue weighted by atomic mass is 9.90. The molecule has 6 heteroatoms. The third kappa shape index (κ3) is 4.58. The van der Waals surface area contributed by atoms with Crippen molar-refractivity contribution in [3.8, 4) is 11.3 Å².